The summed E-state index contributed by atoms with van der Waals surface area (Å²) in [5, 5.41) is 0. The third-order valence-corrected chi connectivity index (χ3v) is 2.90. The van der Waals surface area contributed by atoms with Crippen molar-refractivity contribution in [2.24, 2.45) is 0 Å². The molecule has 0 aromatic heterocycles. The van der Waals surface area contributed by atoms with Crippen LogP contribution < -0.4 is 0 Å². The minimum absolute atomic E-state index is 0.252. The SMILES string of the molecule is O=S1(=O)OCCCCCCCCO1. The van der Waals surface area contributed by atoms with Crippen LogP contribution in [0.1, 0.15) is 38.5 Å². The van der Waals surface area contributed by atoms with E-state index < -0.39 is 10.4 Å². The van der Waals surface area contributed by atoms with Crippen molar-refractivity contribution in [3.05, 3.63) is 0 Å². The summed E-state index contributed by atoms with van der Waals surface area (Å²) in [5.74, 6) is 0. The first-order valence-electron chi connectivity index (χ1n) is 4.74. The molecule has 13 heavy (non-hydrogen) atoms. The van der Waals surface area contributed by atoms with Crippen LogP contribution in [0.15, 0.2) is 0 Å². The van der Waals surface area contributed by atoms with Gasteiger partial charge in [0.2, 0.25) is 0 Å². The van der Waals surface area contributed by atoms with Crippen LogP contribution in [0.2, 0.25) is 0 Å². The Labute approximate surface area is 79.6 Å². The van der Waals surface area contributed by atoms with Crippen molar-refractivity contribution in [2.75, 3.05) is 13.2 Å². The average molecular weight is 208 g/mol. The van der Waals surface area contributed by atoms with E-state index in [1.54, 1.807) is 0 Å². The molecule has 1 fully saturated rings. The van der Waals surface area contributed by atoms with Crippen molar-refractivity contribution in [3.63, 3.8) is 0 Å². The van der Waals surface area contributed by atoms with Gasteiger partial charge in [-0.25, -0.2) is 8.37 Å². The minimum atomic E-state index is -3.70. The van der Waals surface area contributed by atoms with E-state index in [9.17, 15) is 8.42 Å². The smallest absolute Gasteiger partial charge is 0.248 e. The van der Waals surface area contributed by atoms with Gasteiger partial charge in [-0.1, -0.05) is 25.7 Å². The third-order valence-electron chi connectivity index (χ3n) is 1.99. The molecule has 0 atom stereocenters. The Morgan fingerprint density at radius 3 is 1.54 bits per heavy atom. The van der Waals surface area contributed by atoms with Crippen molar-refractivity contribution >= 4 is 10.4 Å². The van der Waals surface area contributed by atoms with E-state index in [0.717, 1.165) is 38.5 Å². The van der Waals surface area contributed by atoms with E-state index in [0.29, 0.717) is 0 Å². The first-order valence-corrected chi connectivity index (χ1v) is 6.08. The van der Waals surface area contributed by atoms with E-state index in [4.69, 9.17) is 0 Å². The maximum absolute atomic E-state index is 11.0. The fourth-order valence-corrected chi connectivity index (χ4v) is 1.98. The highest BCUT2D eigenvalue weighted by Gasteiger charge is 2.11. The summed E-state index contributed by atoms with van der Waals surface area (Å²) >= 11 is 0. The highest BCUT2D eigenvalue weighted by Crippen LogP contribution is 2.09. The van der Waals surface area contributed by atoms with Gasteiger partial charge in [-0.2, -0.15) is 8.42 Å². The molecule has 0 aromatic rings. The molecule has 0 amide bonds. The second kappa shape index (κ2) is 5.57. The summed E-state index contributed by atoms with van der Waals surface area (Å²) in [5.41, 5.74) is 0. The van der Waals surface area contributed by atoms with Crippen molar-refractivity contribution in [2.45, 2.75) is 38.5 Å². The molecule has 0 saturated carbocycles. The Balaban J connectivity index is 2.36. The Hall–Kier alpha value is -0.130. The van der Waals surface area contributed by atoms with Crippen LogP contribution in [0.25, 0.3) is 0 Å². The van der Waals surface area contributed by atoms with E-state index in [1.807, 2.05) is 0 Å². The summed E-state index contributed by atoms with van der Waals surface area (Å²) in [7, 11) is -3.70. The predicted molar refractivity (Wildman–Crippen MR) is 48.5 cm³/mol. The monoisotopic (exact) mass is 208 g/mol. The molecule has 1 heterocycles. The predicted octanol–water partition coefficient (Wildman–Crippen LogP) is 1.62. The van der Waals surface area contributed by atoms with Crippen LogP contribution in [0.5, 0.6) is 0 Å². The zero-order chi connectivity index (χ0) is 9.57. The molecular formula is C8H16O4S. The lowest BCUT2D eigenvalue weighted by atomic mass is 10.1. The standard InChI is InChI=1S/C8H16O4S/c9-13(10)11-7-5-3-1-2-4-6-8-12-13/h1-8H2. The molecule has 0 unspecified atom stereocenters. The Morgan fingerprint density at radius 1 is 0.692 bits per heavy atom. The molecule has 0 aliphatic carbocycles. The van der Waals surface area contributed by atoms with Crippen molar-refractivity contribution in [3.8, 4) is 0 Å². The van der Waals surface area contributed by atoms with Gasteiger partial charge in [0.25, 0.3) is 0 Å². The van der Waals surface area contributed by atoms with Crippen molar-refractivity contribution < 1.29 is 16.8 Å². The van der Waals surface area contributed by atoms with Crippen LogP contribution in [-0.4, -0.2) is 21.6 Å². The Kier molecular flexibility index (Phi) is 4.69. The molecule has 0 N–H and O–H groups in total. The van der Waals surface area contributed by atoms with E-state index in [1.165, 1.54) is 0 Å². The zero-order valence-corrected chi connectivity index (χ0v) is 8.51. The first kappa shape index (κ1) is 10.9. The Bertz CT molecular complexity index is 204. The number of hydrogen-bond donors (Lipinski definition) is 0. The lowest BCUT2D eigenvalue weighted by molar-refractivity contribution is 0.212. The van der Waals surface area contributed by atoms with Crippen LogP contribution >= 0.6 is 0 Å². The van der Waals surface area contributed by atoms with E-state index in [2.05, 4.69) is 8.37 Å². The van der Waals surface area contributed by atoms with Crippen molar-refractivity contribution in [1.29, 1.82) is 0 Å². The maximum Gasteiger partial charge on any atom is 0.399 e. The van der Waals surface area contributed by atoms with E-state index in [-0.39, 0.29) is 13.2 Å². The van der Waals surface area contributed by atoms with Gasteiger partial charge in [0.15, 0.2) is 0 Å². The lowest BCUT2D eigenvalue weighted by Crippen LogP contribution is -2.11. The zero-order valence-electron chi connectivity index (χ0n) is 7.70. The normalized spacial score (nSPS) is 26.2. The molecule has 0 aromatic carbocycles. The minimum Gasteiger partial charge on any atom is -0.248 e. The summed E-state index contributed by atoms with van der Waals surface area (Å²) in [6.45, 7) is 0.505. The molecule has 1 aliphatic rings. The maximum atomic E-state index is 11.0. The fraction of sp³-hybridized carbons (Fsp3) is 1.00. The van der Waals surface area contributed by atoms with Gasteiger partial charge in [-0.05, 0) is 12.8 Å². The quantitative estimate of drug-likeness (QED) is 0.607. The molecule has 0 bridgehead atoms. The van der Waals surface area contributed by atoms with Gasteiger partial charge < -0.3 is 0 Å². The second-order valence-corrected chi connectivity index (χ2v) is 4.46. The highest BCUT2D eigenvalue weighted by atomic mass is 32.3. The molecule has 1 rings (SSSR count). The summed E-state index contributed by atoms with van der Waals surface area (Å²) in [6.07, 6.45) is 5.98. The van der Waals surface area contributed by atoms with Crippen molar-refractivity contribution in [1.82, 2.24) is 0 Å². The highest BCUT2D eigenvalue weighted by molar-refractivity contribution is 7.81. The van der Waals surface area contributed by atoms with Crippen LogP contribution in [-0.2, 0) is 18.8 Å². The molecule has 5 heteroatoms. The molecule has 1 aliphatic heterocycles. The van der Waals surface area contributed by atoms with Gasteiger partial charge in [0.05, 0.1) is 13.2 Å². The van der Waals surface area contributed by atoms with E-state index >= 15 is 0 Å². The lowest BCUT2D eigenvalue weighted by Gasteiger charge is -2.03. The molecular weight excluding hydrogens is 192 g/mol. The number of rotatable bonds is 0. The van der Waals surface area contributed by atoms with Crippen LogP contribution in [0.3, 0.4) is 0 Å². The number of hydrogen-bond acceptors (Lipinski definition) is 4. The average Bonchev–Trinajstić information content (AvgIpc) is 2.10. The molecule has 0 radical (unpaired) electrons. The summed E-state index contributed by atoms with van der Waals surface area (Å²) < 4.78 is 31.1. The molecule has 78 valence electrons. The summed E-state index contributed by atoms with van der Waals surface area (Å²) in [4.78, 5) is 0. The second-order valence-electron chi connectivity index (χ2n) is 3.17. The molecule has 0 spiro atoms. The largest absolute Gasteiger partial charge is 0.399 e. The van der Waals surface area contributed by atoms with Gasteiger partial charge in [-0.3, -0.25) is 0 Å². The van der Waals surface area contributed by atoms with Gasteiger partial charge in [0.1, 0.15) is 0 Å². The van der Waals surface area contributed by atoms with Gasteiger partial charge in [-0.15, -0.1) is 0 Å². The first-order chi connectivity index (χ1) is 6.21. The molecule has 1 saturated heterocycles. The fourth-order valence-electron chi connectivity index (χ4n) is 1.27. The topological polar surface area (TPSA) is 52.6 Å². The van der Waals surface area contributed by atoms with Gasteiger partial charge >= 0.3 is 10.4 Å². The van der Waals surface area contributed by atoms with Crippen LogP contribution in [0.4, 0.5) is 0 Å². The Morgan fingerprint density at radius 2 is 1.08 bits per heavy atom. The summed E-state index contributed by atoms with van der Waals surface area (Å²) in [6, 6.07) is 0. The van der Waals surface area contributed by atoms with Crippen LogP contribution in [0, 0.1) is 0 Å². The third kappa shape index (κ3) is 5.23. The molecule has 4 nitrogen and oxygen atoms in total. The van der Waals surface area contributed by atoms with Gasteiger partial charge in [0, 0.05) is 0 Å².